The Hall–Kier alpha value is -1.88. The van der Waals surface area contributed by atoms with Crippen LogP contribution in [0.4, 0.5) is 0 Å². The molecule has 1 aromatic rings. The van der Waals surface area contributed by atoms with E-state index in [2.05, 4.69) is 0 Å². The Morgan fingerprint density at radius 1 is 1.44 bits per heavy atom. The highest BCUT2D eigenvalue weighted by atomic mass is 16.5. The predicted octanol–water partition coefficient (Wildman–Crippen LogP) is 0.981. The van der Waals surface area contributed by atoms with Crippen LogP contribution in [-0.4, -0.2) is 28.8 Å². The normalized spacial score (nSPS) is 11.9. The van der Waals surface area contributed by atoms with Gasteiger partial charge < -0.3 is 14.9 Å². The maximum atomic E-state index is 11.3. The van der Waals surface area contributed by atoms with Gasteiger partial charge in [0.1, 0.15) is 0 Å². The molecular formula is C11H12O5. The smallest absolute Gasteiger partial charge is 0.338 e. The second kappa shape index (κ2) is 5.27. The van der Waals surface area contributed by atoms with E-state index in [9.17, 15) is 14.7 Å². The summed E-state index contributed by atoms with van der Waals surface area (Å²) in [6.07, 6.45) is -1.63. The molecule has 2 N–H and O–H groups in total. The van der Waals surface area contributed by atoms with E-state index in [1.165, 1.54) is 24.3 Å². The van der Waals surface area contributed by atoms with E-state index in [4.69, 9.17) is 9.84 Å². The molecule has 0 saturated heterocycles. The molecule has 0 spiro atoms. The zero-order valence-corrected chi connectivity index (χ0v) is 8.71. The fourth-order valence-corrected chi connectivity index (χ4v) is 1.19. The van der Waals surface area contributed by atoms with Crippen LogP contribution in [0, 0.1) is 0 Å². The van der Waals surface area contributed by atoms with E-state index in [0.717, 1.165) is 0 Å². The van der Waals surface area contributed by atoms with Gasteiger partial charge in [-0.15, -0.1) is 0 Å². The summed E-state index contributed by atoms with van der Waals surface area (Å²) in [7, 11) is 0. The number of ether oxygens (including phenoxy) is 1. The molecule has 1 atom stereocenters. The monoisotopic (exact) mass is 224 g/mol. The average Bonchev–Trinajstić information content (AvgIpc) is 2.28. The van der Waals surface area contributed by atoms with Crippen LogP contribution in [0.2, 0.25) is 0 Å². The third-order valence-corrected chi connectivity index (χ3v) is 1.95. The molecule has 0 aromatic heterocycles. The molecule has 0 heterocycles. The summed E-state index contributed by atoms with van der Waals surface area (Å²) in [6.45, 7) is 1.92. The molecule has 86 valence electrons. The second-order valence-electron chi connectivity index (χ2n) is 3.09. The predicted molar refractivity (Wildman–Crippen MR) is 55.0 cm³/mol. The number of hydrogen-bond acceptors (Lipinski definition) is 4. The maximum Gasteiger partial charge on any atom is 0.338 e. The van der Waals surface area contributed by atoms with Crippen LogP contribution in [0.25, 0.3) is 0 Å². The number of benzene rings is 1. The van der Waals surface area contributed by atoms with Crippen LogP contribution >= 0.6 is 0 Å². The van der Waals surface area contributed by atoms with Gasteiger partial charge in [-0.25, -0.2) is 9.59 Å². The largest absolute Gasteiger partial charge is 0.479 e. The highest BCUT2D eigenvalue weighted by molar-refractivity contribution is 5.90. The molecule has 0 aliphatic carbocycles. The van der Waals surface area contributed by atoms with Crippen molar-refractivity contribution in [1.29, 1.82) is 0 Å². The van der Waals surface area contributed by atoms with E-state index >= 15 is 0 Å². The number of aliphatic hydroxyl groups excluding tert-OH is 1. The van der Waals surface area contributed by atoms with Crippen molar-refractivity contribution in [3.05, 3.63) is 35.4 Å². The van der Waals surface area contributed by atoms with Crippen molar-refractivity contribution < 1.29 is 24.5 Å². The molecule has 0 radical (unpaired) electrons. The number of carbonyl (C=O) groups excluding carboxylic acids is 1. The summed E-state index contributed by atoms with van der Waals surface area (Å²) in [6, 6.07) is 5.72. The Morgan fingerprint density at radius 3 is 2.69 bits per heavy atom. The SMILES string of the molecule is CCOC(=O)c1cccc(C(O)C(=O)O)c1. The van der Waals surface area contributed by atoms with E-state index in [-0.39, 0.29) is 17.7 Å². The second-order valence-corrected chi connectivity index (χ2v) is 3.09. The highest BCUT2D eigenvalue weighted by Crippen LogP contribution is 2.15. The molecule has 0 fully saturated rings. The van der Waals surface area contributed by atoms with Crippen molar-refractivity contribution in [1.82, 2.24) is 0 Å². The lowest BCUT2D eigenvalue weighted by atomic mass is 10.1. The van der Waals surface area contributed by atoms with Gasteiger partial charge in [0, 0.05) is 0 Å². The molecule has 16 heavy (non-hydrogen) atoms. The quantitative estimate of drug-likeness (QED) is 0.745. The fraction of sp³-hybridized carbons (Fsp3) is 0.273. The number of esters is 1. The molecule has 0 aliphatic rings. The minimum Gasteiger partial charge on any atom is -0.479 e. The zero-order valence-electron chi connectivity index (χ0n) is 8.71. The van der Waals surface area contributed by atoms with Crippen molar-refractivity contribution in [2.24, 2.45) is 0 Å². The molecule has 1 rings (SSSR count). The van der Waals surface area contributed by atoms with Crippen molar-refractivity contribution in [3.63, 3.8) is 0 Å². The van der Waals surface area contributed by atoms with Gasteiger partial charge in [-0.2, -0.15) is 0 Å². The topological polar surface area (TPSA) is 83.8 Å². The first-order valence-corrected chi connectivity index (χ1v) is 4.74. The Balaban J connectivity index is 2.95. The first-order valence-electron chi connectivity index (χ1n) is 4.74. The fourth-order valence-electron chi connectivity index (χ4n) is 1.19. The Labute approximate surface area is 92.3 Å². The van der Waals surface area contributed by atoms with Gasteiger partial charge >= 0.3 is 11.9 Å². The number of carbonyl (C=O) groups is 2. The third kappa shape index (κ3) is 2.80. The summed E-state index contributed by atoms with van der Waals surface area (Å²) >= 11 is 0. The number of aliphatic carboxylic acids is 1. The van der Waals surface area contributed by atoms with Gasteiger partial charge in [0.15, 0.2) is 6.10 Å². The lowest BCUT2D eigenvalue weighted by molar-refractivity contribution is -0.146. The minimum atomic E-state index is -1.63. The van der Waals surface area contributed by atoms with E-state index in [1.807, 2.05) is 0 Å². The van der Waals surface area contributed by atoms with Crippen LogP contribution in [0.5, 0.6) is 0 Å². The molecule has 0 aliphatic heterocycles. The van der Waals surface area contributed by atoms with Gasteiger partial charge in [0.05, 0.1) is 12.2 Å². The standard InChI is InChI=1S/C11H12O5/c1-2-16-11(15)8-5-3-4-7(6-8)9(12)10(13)14/h3-6,9,12H,2H2,1H3,(H,13,14). The molecule has 0 amide bonds. The van der Waals surface area contributed by atoms with Gasteiger partial charge in [0.2, 0.25) is 0 Å². The van der Waals surface area contributed by atoms with Crippen molar-refractivity contribution in [2.75, 3.05) is 6.61 Å². The van der Waals surface area contributed by atoms with Crippen LogP contribution in [0.1, 0.15) is 28.9 Å². The maximum absolute atomic E-state index is 11.3. The highest BCUT2D eigenvalue weighted by Gasteiger charge is 2.17. The zero-order chi connectivity index (χ0) is 12.1. The minimum absolute atomic E-state index is 0.151. The van der Waals surface area contributed by atoms with Crippen molar-refractivity contribution in [2.45, 2.75) is 13.0 Å². The van der Waals surface area contributed by atoms with E-state index < -0.39 is 18.0 Å². The Bertz CT molecular complexity index is 399. The molecule has 5 heteroatoms. The lowest BCUT2D eigenvalue weighted by Gasteiger charge is -2.07. The number of hydrogen-bond donors (Lipinski definition) is 2. The number of carboxylic acids is 1. The molecular weight excluding hydrogens is 212 g/mol. The van der Waals surface area contributed by atoms with Gasteiger partial charge in [-0.3, -0.25) is 0 Å². The first kappa shape index (κ1) is 12.2. The Kier molecular flexibility index (Phi) is 4.02. The molecule has 0 bridgehead atoms. The Morgan fingerprint density at radius 2 is 2.12 bits per heavy atom. The van der Waals surface area contributed by atoms with Crippen LogP contribution < -0.4 is 0 Å². The van der Waals surface area contributed by atoms with Crippen LogP contribution in [-0.2, 0) is 9.53 Å². The number of rotatable bonds is 4. The van der Waals surface area contributed by atoms with E-state index in [0.29, 0.717) is 0 Å². The molecule has 1 aromatic carbocycles. The first-order chi connectivity index (χ1) is 7.56. The van der Waals surface area contributed by atoms with Gasteiger partial charge in [-0.1, -0.05) is 12.1 Å². The molecule has 1 unspecified atom stereocenters. The van der Waals surface area contributed by atoms with Gasteiger partial charge in [0.25, 0.3) is 0 Å². The summed E-state index contributed by atoms with van der Waals surface area (Å²) in [5, 5.41) is 17.9. The number of aliphatic hydroxyl groups is 1. The third-order valence-electron chi connectivity index (χ3n) is 1.95. The van der Waals surface area contributed by atoms with Crippen molar-refractivity contribution >= 4 is 11.9 Å². The van der Waals surface area contributed by atoms with Crippen molar-refractivity contribution in [3.8, 4) is 0 Å². The van der Waals surface area contributed by atoms with Crippen LogP contribution in [0.3, 0.4) is 0 Å². The lowest BCUT2D eigenvalue weighted by Crippen LogP contribution is -2.12. The molecule has 5 nitrogen and oxygen atoms in total. The average molecular weight is 224 g/mol. The van der Waals surface area contributed by atoms with Gasteiger partial charge in [-0.05, 0) is 24.6 Å². The summed E-state index contributed by atoms with van der Waals surface area (Å²) in [5.74, 6) is -1.90. The summed E-state index contributed by atoms with van der Waals surface area (Å²) in [4.78, 5) is 21.9. The van der Waals surface area contributed by atoms with E-state index in [1.54, 1.807) is 6.92 Å². The summed E-state index contributed by atoms with van der Waals surface area (Å²) < 4.78 is 4.76. The molecule has 0 saturated carbocycles. The van der Waals surface area contributed by atoms with Crippen LogP contribution in [0.15, 0.2) is 24.3 Å². The number of carboxylic acid groups (broad SMARTS) is 1. The summed E-state index contributed by atoms with van der Waals surface area (Å²) in [5.41, 5.74) is 0.373.